The van der Waals surface area contributed by atoms with Gasteiger partial charge in [-0.15, -0.1) is 0 Å². The molecule has 2 rings (SSSR count). The number of aliphatic imine (C=N–C) groups is 1. The maximum absolute atomic E-state index is 13.7. The van der Waals surface area contributed by atoms with E-state index in [0.29, 0.717) is 0 Å². The molecule has 21 heavy (non-hydrogen) atoms. The van der Waals surface area contributed by atoms with Crippen molar-refractivity contribution in [2.45, 2.75) is 25.6 Å². The van der Waals surface area contributed by atoms with Crippen LogP contribution in [0, 0.1) is 17.8 Å². The lowest BCUT2D eigenvalue weighted by atomic mass is 9.91. The molecule has 0 fully saturated rings. The van der Waals surface area contributed by atoms with Crippen LogP contribution in [0.15, 0.2) is 23.2 Å². The number of ether oxygens (including phenoxy) is 1. The van der Waals surface area contributed by atoms with E-state index in [1.54, 1.807) is 13.8 Å². The fourth-order valence-corrected chi connectivity index (χ4v) is 2.11. The predicted molar refractivity (Wildman–Crippen MR) is 75.9 cm³/mol. The topological polar surface area (TPSA) is 21.6 Å². The van der Waals surface area contributed by atoms with E-state index < -0.39 is 11.8 Å². The van der Waals surface area contributed by atoms with Gasteiger partial charge in [0.15, 0.2) is 0 Å². The average Bonchev–Trinajstić information content (AvgIpc) is 2.55. The normalized spacial score (nSPS) is 21.5. The van der Waals surface area contributed by atoms with Crippen LogP contribution in [-0.2, 0) is 10.3 Å². The maximum Gasteiger partial charge on any atom is 0.433 e. The molecule has 112 valence electrons. The van der Waals surface area contributed by atoms with Crippen molar-refractivity contribution in [1.29, 1.82) is 0 Å². The average molecular weight is 316 g/mol. The van der Waals surface area contributed by atoms with E-state index in [1.807, 2.05) is 0 Å². The Bertz CT molecular complexity index is 628. The van der Waals surface area contributed by atoms with Gasteiger partial charge in [-0.2, -0.15) is 13.2 Å². The van der Waals surface area contributed by atoms with Crippen molar-refractivity contribution in [3.8, 4) is 11.8 Å². The van der Waals surface area contributed by atoms with Crippen LogP contribution in [0.5, 0.6) is 0 Å². The van der Waals surface area contributed by atoms with Gasteiger partial charge in [0.2, 0.25) is 0 Å². The van der Waals surface area contributed by atoms with Crippen LogP contribution in [0.25, 0.3) is 0 Å². The van der Waals surface area contributed by atoms with Crippen molar-refractivity contribution in [3.05, 3.63) is 28.8 Å². The third kappa shape index (κ3) is 3.07. The molecule has 0 N–H and O–H groups in total. The third-order valence-electron chi connectivity index (χ3n) is 2.88. The van der Waals surface area contributed by atoms with E-state index in [9.17, 15) is 13.2 Å². The Hall–Kier alpha value is -1.51. The minimum atomic E-state index is -4.71. The minimum Gasteiger partial charge on any atom is -0.344 e. The maximum atomic E-state index is 13.7. The zero-order chi connectivity index (χ0) is 15.7. The Labute approximate surface area is 126 Å². The highest BCUT2D eigenvalue weighted by atomic mass is 35.5. The van der Waals surface area contributed by atoms with Crippen molar-refractivity contribution in [2.24, 2.45) is 10.9 Å². The van der Waals surface area contributed by atoms with Crippen molar-refractivity contribution in [1.82, 2.24) is 0 Å². The quantitative estimate of drug-likeness (QED) is 0.646. The van der Waals surface area contributed by atoms with E-state index in [-0.39, 0.29) is 28.8 Å². The van der Waals surface area contributed by atoms with Gasteiger partial charge in [-0.3, -0.25) is 4.99 Å². The van der Waals surface area contributed by atoms with Crippen LogP contribution in [0.4, 0.5) is 18.9 Å². The molecule has 1 aliphatic rings. The highest BCUT2D eigenvalue weighted by molar-refractivity contribution is 6.30. The Morgan fingerprint density at radius 1 is 1.38 bits per heavy atom. The molecular formula is C15H13ClF3NO. The summed E-state index contributed by atoms with van der Waals surface area (Å²) < 4.78 is 46.2. The fraction of sp³-hybridized carbons (Fsp3) is 0.400. The summed E-state index contributed by atoms with van der Waals surface area (Å²) in [5.74, 6) is 4.60. The lowest BCUT2D eigenvalue weighted by Gasteiger charge is -2.31. The number of benzene rings is 1. The second-order valence-electron chi connectivity index (χ2n) is 4.89. The first-order chi connectivity index (χ1) is 9.76. The van der Waals surface area contributed by atoms with Crippen molar-refractivity contribution >= 4 is 23.5 Å². The second-order valence-corrected chi connectivity index (χ2v) is 5.32. The van der Waals surface area contributed by atoms with Gasteiger partial charge in [0, 0.05) is 22.7 Å². The molecule has 1 aromatic rings. The molecule has 2 nitrogen and oxygen atoms in total. The van der Waals surface area contributed by atoms with Crippen LogP contribution < -0.4 is 0 Å². The van der Waals surface area contributed by atoms with E-state index in [0.717, 1.165) is 0 Å². The Morgan fingerprint density at radius 3 is 2.71 bits per heavy atom. The first-order valence-electron chi connectivity index (χ1n) is 6.32. The molecule has 1 aromatic carbocycles. The zero-order valence-corrected chi connectivity index (χ0v) is 12.2. The van der Waals surface area contributed by atoms with Crippen molar-refractivity contribution < 1.29 is 17.9 Å². The molecule has 0 aromatic heterocycles. The number of alkyl halides is 3. The lowest BCUT2D eigenvalue weighted by molar-refractivity contribution is -0.253. The molecule has 1 heterocycles. The van der Waals surface area contributed by atoms with Crippen molar-refractivity contribution in [3.63, 3.8) is 0 Å². The predicted octanol–water partition coefficient (Wildman–Crippen LogP) is 4.49. The van der Waals surface area contributed by atoms with E-state index >= 15 is 0 Å². The van der Waals surface area contributed by atoms with Gasteiger partial charge in [-0.05, 0) is 18.2 Å². The molecule has 0 bridgehead atoms. The standard InChI is InChI=1S/C15H13ClF3NO/c1-10(2)5-6-14(15(17,18)19)12-9-11(16)3-4-13(12)20-7-8-21-14/h3-4,7,9-10H,8H2,1-2H3/t14-/m0/s1. The molecule has 1 aliphatic heterocycles. The summed E-state index contributed by atoms with van der Waals surface area (Å²) in [7, 11) is 0. The molecule has 0 saturated heterocycles. The van der Waals surface area contributed by atoms with Crippen LogP contribution in [0.2, 0.25) is 5.02 Å². The largest absolute Gasteiger partial charge is 0.433 e. The molecule has 0 unspecified atom stereocenters. The van der Waals surface area contributed by atoms with Crippen LogP contribution >= 0.6 is 11.6 Å². The van der Waals surface area contributed by atoms with Gasteiger partial charge in [0.05, 0.1) is 12.3 Å². The van der Waals surface area contributed by atoms with Gasteiger partial charge in [-0.1, -0.05) is 37.3 Å². The highest BCUT2D eigenvalue weighted by Crippen LogP contribution is 2.47. The Kier molecular flexibility index (Phi) is 4.31. The molecule has 0 amide bonds. The Morgan fingerprint density at radius 2 is 2.10 bits per heavy atom. The Balaban J connectivity index is 2.73. The summed E-state index contributed by atoms with van der Waals surface area (Å²) >= 11 is 5.85. The first kappa shape index (κ1) is 15.9. The van der Waals surface area contributed by atoms with Crippen LogP contribution in [-0.4, -0.2) is 19.0 Å². The summed E-state index contributed by atoms with van der Waals surface area (Å²) in [6.07, 6.45) is -3.42. The smallest absolute Gasteiger partial charge is 0.344 e. The highest BCUT2D eigenvalue weighted by Gasteiger charge is 2.58. The number of hydrogen-bond acceptors (Lipinski definition) is 2. The fourth-order valence-electron chi connectivity index (χ4n) is 1.93. The molecule has 6 heteroatoms. The summed E-state index contributed by atoms with van der Waals surface area (Å²) in [6.45, 7) is 3.14. The summed E-state index contributed by atoms with van der Waals surface area (Å²) in [5, 5.41) is 0.175. The number of fused-ring (bicyclic) bond motifs is 1. The van der Waals surface area contributed by atoms with Gasteiger partial charge >= 0.3 is 6.18 Å². The van der Waals surface area contributed by atoms with Gasteiger partial charge in [0.25, 0.3) is 5.60 Å². The van der Waals surface area contributed by atoms with Crippen molar-refractivity contribution in [2.75, 3.05) is 6.61 Å². The summed E-state index contributed by atoms with van der Waals surface area (Å²) in [6, 6.07) is 4.13. The molecule has 0 spiro atoms. The number of hydrogen-bond donors (Lipinski definition) is 0. The minimum absolute atomic E-state index is 0.160. The van der Waals surface area contributed by atoms with E-state index in [1.165, 1.54) is 24.4 Å². The van der Waals surface area contributed by atoms with E-state index in [2.05, 4.69) is 16.8 Å². The summed E-state index contributed by atoms with van der Waals surface area (Å²) in [4.78, 5) is 3.99. The first-order valence-corrected chi connectivity index (χ1v) is 6.70. The van der Waals surface area contributed by atoms with Gasteiger partial charge in [0.1, 0.15) is 0 Å². The molecule has 0 saturated carbocycles. The van der Waals surface area contributed by atoms with Gasteiger partial charge in [-0.25, -0.2) is 0 Å². The third-order valence-corrected chi connectivity index (χ3v) is 3.11. The summed E-state index contributed by atoms with van der Waals surface area (Å²) in [5.41, 5.74) is -2.73. The van der Waals surface area contributed by atoms with E-state index in [4.69, 9.17) is 16.3 Å². The van der Waals surface area contributed by atoms with Crippen LogP contribution in [0.1, 0.15) is 19.4 Å². The van der Waals surface area contributed by atoms with Crippen LogP contribution in [0.3, 0.4) is 0 Å². The zero-order valence-electron chi connectivity index (χ0n) is 11.5. The lowest BCUT2D eigenvalue weighted by Crippen LogP contribution is -2.44. The molecular weight excluding hydrogens is 303 g/mol. The SMILES string of the molecule is CC(C)C#C[C@]1(C(F)(F)F)OCC=Nc2ccc(Cl)cc21. The number of rotatable bonds is 0. The molecule has 0 radical (unpaired) electrons. The molecule has 0 aliphatic carbocycles. The molecule has 1 atom stereocenters. The second kappa shape index (κ2) is 5.70. The van der Waals surface area contributed by atoms with Gasteiger partial charge < -0.3 is 4.74 Å². The monoisotopic (exact) mass is 315 g/mol. The number of nitrogens with zero attached hydrogens (tertiary/aromatic N) is 1. The number of halogens is 4.